The number of carbonyl (C=O) groups excluding carboxylic acids is 1. The van der Waals surface area contributed by atoms with Crippen molar-refractivity contribution < 1.29 is 13.9 Å². The summed E-state index contributed by atoms with van der Waals surface area (Å²) in [5.41, 5.74) is 8.69. The lowest BCUT2D eigenvalue weighted by Gasteiger charge is -2.19. The fourth-order valence-corrected chi connectivity index (χ4v) is 3.62. The van der Waals surface area contributed by atoms with Crippen molar-refractivity contribution in [3.8, 4) is 5.75 Å². The van der Waals surface area contributed by atoms with E-state index < -0.39 is 11.9 Å². The van der Waals surface area contributed by atoms with E-state index in [1.54, 1.807) is 17.0 Å². The summed E-state index contributed by atoms with van der Waals surface area (Å²) in [5, 5.41) is 3.03. The maximum atomic E-state index is 14.2. The lowest BCUT2D eigenvalue weighted by atomic mass is 10.00. The average Bonchev–Trinajstić information content (AvgIpc) is 3.34. The van der Waals surface area contributed by atoms with Crippen molar-refractivity contribution in [3.05, 3.63) is 53.8 Å². The molecule has 0 spiro atoms. The molecule has 2 aromatic rings. The SMILES string of the molecule is COc1ccc(NC2CCN(c3ccc(C4CNNC4)cc3)C2=O)c(F)c1. The molecular weight excluding hydrogens is 347 g/mol. The molecule has 6 nitrogen and oxygen atoms in total. The number of anilines is 2. The van der Waals surface area contributed by atoms with Crippen LogP contribution in [0, 0.1) is 5.82 Å². The van der Waals surface area contributed by atoms with E-state index in [0.717, 1.165) is 18.8 Å². The van der Waals surface area contributed by atoms with Gasteiger partial charge in [0.25, 0.3) is 0 Å². The summed E-state index contributed by atoms with van der Waals surface area (Å²) in [6.07, 6.45) is 0.627. The number of nitrogens with zero attached hydrogens (tertiary/aromatic N) is 1. The molecule has 1 atom stereocenters. The minimum atomic E-state index is -0.434. The summed E-state index contributed by atoms with van der Waals surface area (Å²) in [4.78, 5) is 14.5. The number of carbonyl (C=O) groups is 1. The van der Waals surface area contributed by atoms with Gasteiger partial charge in [0.1, 0.15) is 17.6 Å². The van der Waals surface area contributed by atoms with Gasteiger partial charge in [-0.2, -0.15) is 0 Å². The van der Waals surface area contributed by atoms with E-state index >= 15 is 0 Å². The third-order valence-corrected chi connectivity index (χ3v) is 5.21. The summed E-state index contributed by atoms with van der Waals surface area (Å²) in [7, 11) is 1.49. The number of ether oxygens (including phenoxy) is 1. The number of nitrogens with one attached hydrogen (secondary N) is 3. The largest absolute Gasteiger partial charge is 0.497 e. The molecule has 4 rings (SSSR count). The van der Waals surface area contributed by atoms with Crippen LogP contribution in [0.3, 0.4) is 0 Å². The van der Waals surface area contributed by atoms with Crippen LogP contribution < -0.4 is 25.8 Å². The van der Waals surface area contributed by atoms with Crippen molar-refractivity contribution in [1.29, 1.82) is 0 Å². The highest BCUT2D eigenvalue weighted by atomic mass is 19.1. The van der Waals surface area contributed by atoms with Gasteiger partial charge in [-0.3, -0.25) is 15.6 Å². The van der Waals surface area contributed by atoms with Crippen LogP contribution in [0.1, 0.15) is 17.9 Å². The molecule has 0 saturated carbocycles. The van der Waals surface area contributed by atoms with E-state index in [0.29, 0.717) is 30.3 Å². The van der Waals surface area contributed by atoms with Gasteiger partial charge in [-0.25, -0.2) is 4.39 Å². The highest BCUT2D eigenvalue weighted by Gasteiger charge is 2.33. The Balaban J connectivity index is 1.43. The van der Waals surface area contributed by atoms with Gasteiger partial charge in [-0.15, -0.1) is 0 Å². The minimum absolute atomic E-state index is 0.0397. The Morgan fingerprint density at radius 1 is 1.15 bits per heavy atom. The monoisotopic (exact) mass is 370 g/mol. The molecule has 2 aliphatic rings. The molecular formula is C20H23FN4O2. The first-order valence-electron chi connectivity index (χ1n) is 9.13. The number of rotatable bonds is 5. The maximum absolute atomic E-state index is 14.2. The Morgan fingerprint density at radius 3 is 2.56 bits per heavy atom. The third kappa shape index (κ3) is 3.61. The summed E-state index contributed by atoms with van der Waals surface area (Å²) in [5.74, 6) is 0.428. The van der Waals surface area contributed by atoms with Crippen LogP contribution in [0.25, 0.3) is 0 Å². The Kier molecular flexibility index (Phi) is 4.96. The second-order valence-corrected chi connectivity index (χ2v) is 6.87. The molecule has 27 heavy (non-hydrogen) atoms. The maximum Gasteiger partial charge on any atom is 0.249 e. The Labute approximate surface area is 157 Å². The zero-order chi connectivity index (χ0) is 18.8. The highest BCUT2D eigenvalue weighted by molar-refractivity contribution is 6.01. The van der Waals surface area contributed by atoms with Crippen LogP contribution in [-0.4, -0.2) is 38.7 Å². The van der Waals surface area contributed by atoms with Crippen molar-refractivity contribution >= 4 is 17.3 Å². The van der Waals surface area contributed by atoms with E-state index in [9.17, 15) is 9.18 Å². The van der Waals surface area contributed by atoms with Gasteiger partial charge in [-0.05, 0) is 36.2 Å². The minimum Gasteiger partial charge on any atom is -0.497 e. The lowest BCUT2D eigenvalue weighted by molar-refractivity contribution is -0.117. The fourth-order valence-electron chi connectivity index (χ4n) is 3.62. The van der Waals surface area contributed by atoms with Gasteiger partial charge in [0.2, 0.25) is 5.91 Å². The first-order chi connectivity index (χ1) is 13.2. The number of halogens is 1. The molecule has 0 aliphatic carbocycles. The van der Waals surface area contributed by atoms with Crippen LogP contribution in [-0.2, 0) is 4.79 Å². The van der Waals surface area contributed by atoms with Crippen molar-refractivity contribution in [2.75, 3.05) is 37.0 Å². The van der Waals surface area contributed by atoms with Crippen LogP contribution in [0.2, 0.25) is 0 Å². The van der Waals surface area contributed by atoms with Gasteiger partial charge < -0.3 is 15.0 Å². The summed E-state index contributed by atoms with van der Waals surface area (Å²) >= 11 is 0. The second-order valence-electron chi connectivity index (χ2n) is 6.87. The van der Waals surface area contributed by atoms with Gasteiger partial charge in [0, 0.05) is 37.3 Å². The number of hydrogen-bond donors (Lipinski definition) is 3. The Bertz CT molecular complexity index is 821. The summed E-state index contributed by atoms with van der Waals surface area (Å²) in [6, 6.07) is 12.3. The molecule has 7 heteroatoms. The lowest BCUT2D eigenvalue weighted by Crippen LogP contribution is -2.33. The smallest absolute Gasteiger partial charge is 0.249 e. The fraction of sp³-hybridized carbons (Fsp3) is 0.350. The second kappa shape index (κ2) is 7.54. The normalized spacial score (nSPS) is 20.3. The molecule has 0 aromatic heterocycles. The standard InChI is InChI=1S/C20H23FN4O2/c1-27-16-6-7-18(17(21)10-16)24-19-8-9-25(20(19)26)15-4-2-13(3-5-15)14-11-22-23-12-14/h2-7,10,14,19,22-24H,8-9,11-12H2,1H3. The molecule has 2 aliphatic heterocycles. The van der Waals surface area contributed by atoms with Gasteiger partial charge in [0.15, 0.2) is 0 Å². The summed E-state index contributed by atoms with van der Waals surface area (Å²) in [6.45, 7) is 2.42. The molecule has 0 radical (unpaired) electrons. The first kappa shape index (κ1) is 17.8. The molecule has 0 bridgehead atoms. The van der Waals surface area contributed by atoms with Crippen molar-refractivity contribution in [2.24, 2.45) is 0 Å². The Morgan fingerprint density at radius 2 is 1.89 bits per heavy atom. The summed E-state index contributed by atoms with van der Waals surface area (Å²) < 4.78 is 19.2. The molecule has 1 unspecified atom stereocenters. The van der Waals surface area contributed by atoms with Crippen molar-refractivity contribution in [2.45, 2.75) is 18.4 Å². The van der Waals surface area contributed by atoms with E-state index in [2.05, 4.69) is 28.3 Å². The molecule has 2 aromatic carbocycles. The van der Waals surface area contributed by atoms with E-state index in [-0.39, 0.29) is 5.91 Å². The number of amides is 1. The molecule has 2 heterocycles. The molecule has 1 amide bonds. The van der Waals surface area contributed by atoms with Crippen LogP contribution in [0.15, 0.2) is 42.5 Å². The zero-order valence-corrected chi connectivity index (χ0v) is 15.2. The number of methoxy groups -OCH3 is 1. The predicted molar refractivity (Wildman–Crippen MR) is 103 cm³/mol. The van der Waals surface area contributed by atoms with Gasteiger partial charge in [-0.1, -0.05) is 12.1 Å². The number of hydrogen-bond acceptors (Lipinski definition) is 5. The van der Waals surface area contributed by atoms with Gasteiger partial charge >= 0.3 is 0 Å². The predicted octanol–water partition coefficient (Wildman–Crippen LogP) is 2.24. The number of benzene rings is 2. The molecule has 3 N–H and O–H groups in total. The molecule has 2 fully saturated rings. The van der Waals surface area contributed by atoms with E-state index in [1.807, 2.05) is 12.1 Å². The van der Waals surface area contributed by atoms with E-state index in [4.69, 9.17) is 4.74 Å². The Hall–Kier alpha value is -2.64. The number of hydrazine groups is 1. The van der Waals surface area contributed by atoms with Crippen LogP contribution >= 0.6 is 0 Å². The molecule has 2 saturated heterocycles. The van der Waals surface area contributed by atoms with Crippen LogP contribution in [0.4, 0.5) is 15.8 Å². The third-order valence-electron chi connectivity index (χ3n) is 5.21. The van der Waals surface area contributed by atoms with Crippen molar-refractivity contribution in [3.63, 3.8) is 0 Å². The highest BCUT2D eigenvalue weighted by Crippen LogP contribution is 2.28. The van der Waals surface area contributed by atoms with Crippen LogP contribution in [0.5, 0.6) is 5.75 Å². The first-order valence-corrected chi connectivity index (χ1v) is 9.13. The zero-order valence-electron chi connectivity index (χ0n) is 15.2. The molecule has 142 valence electrons. The topological polar surface area (TPSA) is 65.6 Å². The van der Waals surface area contributed by atoms with Crippen molar-refractivity contribution in [1.82, 2.24) is 10.9 Å². The van der Waals surface area contributed by atoms with E-state index in [1.165, 1.54) is 18.7 Å². The quantitative estimate of drug-likeness (QED) is 0.753. The van der Waals surface area contributed by atoms with Gasteiger partial charge in [0.05, 0.1) is 12.8 Å². The average molecular weight is 370 g/mol.